The molecule has 1 aromatic carbocycles. The fraction of sp³-hybridized carbons (Fsp3) is 0.375. The molecule has 4 heteroatoms. The molecule has 0 aliphatic heterocycles. The number of hydrogen-bond donors (Lipinski definition) is 2. The van der Waals surface area contributed by atoms with Gasteiger partial charge >= 0.3 is 0 Å². The first kappa shape index (κ1) is 15.0. The van der Waals surface area contributed by atoms with E-state index >= 15 is 0 Å². The first-order valence-corrected chi connectivity index (χ1v) is 7.83. The van der Waals surface area contributed by atoms with Crippen LogP contribution in [0.5, 0.6) is 0 Å². The molecule has 1 aromatic heterocycles. The Morgan fingerprint density at radius 2 is 2.00 bits per heavy atom. The van der Waals surface area contributed by atoms with Gasteiger partial charge in [-0.3, -0.25) is 0 Å². The monoisotopic (exact) mass is 291 g/mol. The van der Waals surface area contributed by atoms with Gasteiger partial charge in [0.1, 0.15) is 5.76 Å². The van der Waals surface area contributed by atoms with Gasteiger partial charge in [-0.25, -0.2) is 0 Å². The molecular weight excluding hydrogens is 270 g/mol. The Kier molecular flexibility index (Phi) is 5.56. The van der Waals surface area contributed by atoms with Crippen molar-refractivity contribution in [2.75, 3.05) is 17.7 Å². The molecule has 2 aromatic rings. The molecule has 1 atom stereocenters. The van der Waals surface area contributed by atoms with Crippen LogP contribution in [0.2, 0.25) is 0 Å². The maximum Gasteiger partial charge on any atom is 0.128 e. The van der Waals surface area contributed by atoms with Crippen molar-refractivity contribution >= 4 is 17.4 Å². The second-order valence-electron chi connectivity index (χ2n) is 4.78. The van der Waals surface area contributed by atoms with Gasteiger partial charge < -0.3 is 14.8 Å². The minimum Gasteiger partial charge on any atom is -0.467 e. The van der Waals surface area contributed by atoms with Crippen LogP contribution in [0, 0.1) is 6.92 Å². The van der Waals surface area contributed by atoms with E-state index in [-0.39, 0.29) is 12.6 Å². The van der Waals surface area contributed by atoms with Gasteiger partial charge in [-0.15, -0.1) is 11.8 Å². The molecule has 0 saturated carbocycles. The molecule has 0 fully saturated rings. The van der Waals surface area contributed by atoms with Crippen LogP contribution in [0.4, 0.5) is 5.69 Å². The van der Waals surface area contributed by atoms with Crippen LogP contribution in [0.25, 0.3) is 0 Å². The number of rotatable bonds is 7. The highest BCUT2D eigenvalue weighted by Gasteiger charge is 2.11. The van der Waals surface area contributed by atoms with Crippen molar-refractivity contribution in [3.63, 3.8) is 0 Å². The second kappa shape index (κ2) is 7.41. The van der Waals surface area contributed by atoms with E-state index in [0.717, 1.165) is 23.6 Å². The van der Waals surface area contributed by atoms with Gasteiger partial charge in [-0.2, -0.15) is 0 Å². The van der Waals surface area contributed by atoms with E-state index in [9.17, 15) is 0 Å². The third-order valence-electron chi connectivity index (χ3n) is 3.10. The summed E-state index contributed by atoms with van der Waals surface area (Å²) in [6.45, 7) is 4.40. The third-order valence-corrected chi connectivity index (χ3v) is 4.20. The van der Waals surface area contributed by atoms with Gasteiger partial charge in [-0.1, -0.05) is 0 Å². The Balaban J connectivity index is 1.92. The van der Waals surface area contributed by atoms with Gasteiger partial charge in [0.05, 0.1) is 12.3 Å². The first-order valence-electron chi connectivity index (χ1n) is 6.85. The number of benzene rings is 1. The molecule has 0 saturated heterocycles. The number of aliphatic hydroxyl groups excluding tert-OH is 1. The summed E-state index contributed by atoms with van der Waals surface area (Å²) in [6, 6.07) is 10.5. The van der Waals surface area contributed by atoms with Crippen molar-refractivity contribution in [2.24, 2.45) is 0 Å². The number of anilines is 1. The van der Waals surface area contributed by atoms with Crippen molar-refractivity contribution in [1.82, 2.24) is 0 Å². The molecule has 20 heavy (non-hydrogen) atoms. The van der Waals surface area contributed by atoms with Gasteiger partial charge in [0.15, 0.2) is 0 Å². The van der Waals surface area contributed by atoms with E-state index in [0.29, 0.717) is 0 Å². The summed E-state index contributed by atoms with van der Waals surface area (Å²) in [5.41, 5.74) is 2.25. The van der Waals surface area contributed by atoms with Crippen LogP contribution in [0.3, 0.4) is 0 Å². The minimum atomic E-state index is 0.151. The molecular formula is C16H21NO2S. The molecule has 0 radical (unpaired) electrons. The molecule has 0 spiro atoms. The highest BCUT2D eigenvalue weighted by atomic mass is 32.2. The number of furan rings is 1. The molecule has 0 bridgehead atoms. The highest BCUT2D eigenvalue weighted by Crippen LogP contribution is 2.25. The maximum atomic E-state index is 8.77. The predicted molar refractivity (Wildman–Crippen MR) is 84.4 cm³/mol. The summed E-state index contributed by atoms with van der Waals surface area (Å²) in [7, 11) is 0. The molecule has 1 unspecified atom stereocenters. The molecule has 3 nitrogen and oxygen atoms in total. The summed E-state index contributed by atoms with van der Waals surface area (Å²) in [6.07, 6.45) is 2.56. The van der Waals surface area contributed by atoms with Crippen LogP contribution >= 0.6 is 11.8 Å². The number of aryl methyl sites for hydroxylation is 1. The van der Waals surface area contributed by atoms with Crippen molar-refractivity contribution in [3.8, 4) is 0 Å². The molecule has 0 amide bonds. The van der Waals surface area contributed by atoms with Crippen LogP contribution in [-0.2, 0) is 0 Å². The molecule has 108 valence electrons. The van der Waals surface area contributed by atoms with Gasteiger partial charge in [-0.05, 0) is 56.2 Å². The Labute approximate surface area is 124 Å². The van der Waals surface area contributed by atoms with Crippen molar-refractivity contribution in [1.29, 1.82) is 0 Å². The number of thioether (sulfide) groups is 1. The average Bonchev–Trinajstić information content (AvgIpc) is 2.87. The van der Waals surface area contributed by atoms with Gasteiger partial charge in [0.25, 0.3) is 0 Å². The quantitative estimate of drug-likeness (QED) is 0.592. The Hall–Kier alpha value is -1.39. The van der Waals surface area contributed by atoms with E-state index in [1.54, 1.807) is 18.0 Å². The smallest absolute Gasteiger partial charge is 0.128 e. The van der Waals surface area contributed by atoms with Crippen LogP contribution in [-0.4, -0.2) is 17.5 Å². The maximum absolute atomic E-state index is 8.77. The Morgan fingerprint density at radius 3 is 2.60 bits per heavy atom. The van der Waals surface area contributed by atoms with E-state index in [1.165, 1.54) is 10.5 Å². The predicted octanol–water partition coefficient (Wildman–Crippen LogP) is 4.24. The van der Waals surface area contributed by atoms with E-state index in [4.69, 9.17) is 9.52 Å². The fourth-order valence-electron chi connectivity index (χ4n) is 2.05. The lowest BCUT2D eigenvalue weighted by atomic mass is 10.1. The topological polar surface area (TPSA) is 45.4 Å². The zero-order chi connectivity index (χ0) is 14.4. The number of aliphatic hydroxyl groups is 1. The Morgan fingerprint density at radius 1 is 1.25 bits per heavy atom. The van der Waals surface area contributed by atoms with Crippen LogP contribution in [0.1, 0.15) is 30.7 Å². The minimum absolute atomic E-state index is 0.151. The lowest BCUT2D eigenvalue weighted by Gasteiger charge is -2.14. The van der Waals surface area contributed by atoms with E-state index in [2.05, 4.69) is 43.4 Å². The molecule has 2 N–H and O–H groups in total. The standard InChI is InChI=1S/C16H21NO2S/c1-12-8-10-19-16(12)13(2)17-14-4-6-15(7-5-14)20-11-3-9-18/h4-8,10,13,17-18H,3,9,11H2,1-2H3. The highest BCUT2D eigenvalue weighted by molar-refractivity contribution is 7.99. The zero-order valence-electron chi connectivity index (χ0n) is 11.9. The van der Waals surface area contributed by atoms with E-state index < -0.39 is 0 Å². The first-order chi connectivity index (χ1) is 9.70. The third kappa shape index (κ3) is 4.05. The van der Waals surface area contributed by atoms with Crippen molar-refractivity contribution in [3.05, 3.63) is 47.9 Å². The lowest BCUT2D eigenvalue weighted by molar-refractivity contribution is 0.296. The van der Waals surface area contributed by atoms with E-state index in [1.807, 2.05) is 6.07 Å². The molecule has 1 heterocycles. The van der Waals surface area contributed by atoms with Crippen LogP contribution < -0.4 is 5.32 Å². The average molecular weight is 291 g/mol. The van der Waals surface area contributed by atoms with Crippen molar-refractivity contribution < 1.29 is 9.52 Å². The summed E-state index contributed by atoms with van der Waals surface area (Å²) in [4.78, 5) is 1.23. The normalized spacial score (nSPS) is 12.3. The number of nitrogens with one attached hydrogen (secondary N) is 1. The summed E-state index contributed by atoms with van der Waals surface area (Å²) < 4.78 is 5.50. The summed E-state index contributed by atoms with van der Waals surface area (Å²) >= 11 is 1.77. The zero-order valence-corrected chi connectivity index (χ0v) is 12.7. The van der Waals surface area contributed by atoms with Crippen molar-refractivity contribution in [2.45, 2.75) is 31.2 Å². The molecule has 0 aliphatic carbocycles. The second-order valence-corrected chi connectivity index (χ2v) is 5.95. The van der Waals surface area contributed by atoms with Crippen LogP contribution in [0.15, 0.2) is 45.9 Å². The van der Waals surface area contributed by atoms with Gasteiger partial charge in [0, 0.05) is 22.9 Å². The Bertz CT molecular complexity index is 522. The van der Waals surface area contributed by atoms with Gasteiger partial charge in [0.2, 0.25) is 0 Å². The number of hydrogen-bond acceptors (Lipinski definition) is 4. The fourth-order valence-corrected chi connectivity index (χ4v) is 2.88. The largest absolute Gasteiger partial charge is 0.467 e. The SMILES string of the molecule is Cc1ccoc1C(C)Nc1ccc(SCCCO)cc1. The molecule has 2 rings (SSSR count). The summed E-state index contributed by atoms with van der Waals surface area (Å²) in [5, 5.41) is 12.2. The summed E-state index contributed by atoms with van der Waals surface area (Å²) in [5.74, 6) is 1.93. The molecule has 0 aliphatic rings. The lowest BCUT2D eigenvalue weighted by Crippen LogP contribution is -2.06.